The van der Waals surface area contributed by atoms with Gasteiger partial charge in [0.15, 0.2) is 0 Å². The van der Waals surface area contributed by atoms with Crippen molar-refractivity contribution in [2.75, 3.05) is 0 Å². The van der Waals surface area contributed by atoms with Crippen molar-refractivity contribution in [3.8, 4) is 0 Å². The quantitative estimate of drug-likeness (QED) is 0.859. The van der Waals surface area contributed by atoms with Crippen LogP contribution in [0.3, 0.4) is 0 Å². The Hall–Kier alpha value is -0.890. The molecule has 2 aliphatic carbocycles. The molecular weight excluding hydrogens is 208 g/mol. The SMILES string of the molecule is c1cncc(CNC2CCCC(C3CC3)C2)c1. The van der Waals surface area contributed by atoms with E-state index < -0.39 is 0 Å². The topological polar surface area (TPSA) is 24.9 Å². The van der Waals surface area contributed by atoms with Crippen molar-refractivity contribution in [2.45, 2.75) is 51.1 Å². The highest BCUT2D eigenvalue weighted by molar-refractivity contribution is 5.08. The molecule has 2 saturated carbocycles. The van der Waals surface area contributed by atoms with Crippen molar-refractivity contribution < 1.29 is 0 Å². The minimum atomic E-state index is 0.745. The molecule has 0 radical (unpaired) electrons. The maximum atomic E-state index is 4.16. The normalized spacial score (nSPS) is 29.2. The van der Waals surface area contributed by atoms with E-state index in [0.717, 1.165) is 24.4 Å². The van der Waals surface area contributed by atoms with E-state index in [-0.39, 0.29) is 0 Å². The molecule has 1 N–H and O–H groups in total. The number of nitrogens with one attached hydrogen (secondary N) is 1. The van der Waals surface area contributed by atoms with E-state index in [0.29, 0.717) is 0 Å². The van der Waals surface area contributed by atoms with Gasteiger partial charge in [-0.05, 0) is 49.1 Å². The molecule has 2 unspecified atom stereocenters. The summed E-state index contributed by atoms with van der Waals surface area (Å²) in [7, 11) is 0. The number of hydrogen-bond donors (Lipinski definition) is 1. The van der Waals surface area contributed by atoms with Crippen LogP contribution < -0.4 is 5.32 Å². The van der Waals surface area contributed by atoms with Crippen LogP contribution in [0.25, 0.3) is 0 Å². The lowest BCUT2D eigenvalue weighted by molar-refractivity contribution is 0.260. The van der Waals surface area contributed by atoms with Crippen LogP contribution >= 0.6 is 0 Å². The lowest BCUT2D eigenvalue weighted by Gasteiger charge is -2.30. The van der Waals surface area contributed by atoms with Crippen LogP contribution in [0.4, 0.5) is 0 Å². The van der Waals surface area contributed by atoms with Crippen LogP contribution in [0, 0.1) is 11.8 Å². The molecule has 0 bridgehead atoms. The largest absolute Gasteiger partial charge is 0.310 e. The first-order valence-electron chi connectivity index (χ1n) is 7.04. The Kier molecular flexibility index (Phi) is 3.41. The first-order valence-corrected chi connectivity index (χ1v) is 7.04. The van der Waals surface area contributed by atoms with Gasteiger partial charge in [-0.1, -0.05) is 18.9 Å². The monoisotopic (exact) mass is 230 g/mol. The molecular formula is C15H22N2. The average molecular weight is 230 g/mol. The predicted octanol–water partition coefficient (Wildman–Crippen LogP) is 3.14. The van der Waals surface area contributed by atoms with Gasteiger partial charge in [0.25, 0.3) is 0 Å². The average Bonchev–Trinajstić information content (AvgIpc) is 3.22. The van der Waals surface area contributed by atoms with Crippen LogP contribution in [0.1, 0.15) is 44.1 Å². The van der Waals surface area contributed by atoms with Gasteiger partial charge in [-0.15, -0.1) is 0 Å². The molecule has 0 amide bonds. The Bertz CT molecular complexity index is 345. The van der Waals surface area contributed by atoms with Gasteiger partial charge in [-0.25, -0.2) is 0 Å². The standard InChI is InChI=1S/C15H22N2/c1-4-14(13-6-7-13)9-15(5-1)17-11-12-3-2-8-16-10-12/h2-3,8,10,13-15,17H,1,4-7,9,11H2. The minimum absolute atomic E-state index is 0.745. The molecule has 1 heterocycles. The van der Waals surface area contributed by atoms with Gasteiger partial charge in [0.2, 0.25) is 0 Å². The summed E-state index contributed by atoms with van der Waals surface area (Å²) in [6.07, 6.45) is 12.5. The van der Waals surface area contributed by atoms with Gasteiger partial charge in [0, 0.05) is 25.0 Å². The maximum Gasteiger partial charge on any atom is 0.0312 e. The van der Waals surface area contributed by atoms with E-state index in [9.17, 15) is 0 Å². The highest BCUT2D eigenvalue weighted by Crippen LogP contribution is 2.43. The van der Waals surface area contributed by atoms with Gasteiger partial charge in [-0.3, -0.25) is 4.98 Å². The molecule has 2 atom stereocenters. The molecule has 2 heteroatoms. The Morgan fingerprint density at radius 3 is 2.88 bits per heavy atom. The lowest BCUT2D eigenvalue weighted by atomic mass is 9.82. The number of nitrogens with zero attached hydrogens (tertiary/aromatic N) is 1. The Labute approximate surface area is 104 Å². The maximum absolute atomic E-state index is 4.16. The summed E-state index contributed by atoms with van der Waals surface area (Å²) in [5, 5.41) is 3.71. The zero-order valence-electron chi connectivity index (χ0n) is 10.4. The second-order valence-corrected chi connectivity index (χ2v) is 5.70. The lowest BCUT2D eigenvalue weighted by Crippen LogP contribution is -2.34. The van der Waals surface area contributed by atoms with Gasteiger partial charge in [0.05, 0.1) is 0 Å². The number of pyridine rings is 1. The van der Waals surface area contributed by atoms with Crippen LogP contribution in [0.5, 0.6) is 0 Å². The number of aromatic nitrogens is 1. The third-order valence-corrected chi connectivity index (χ3v) is 4.32. The molecule has 2 aliphatic rings. The molecule has 2 fully saturated rings. The fourth-order valence-corrected chi connectivity index (χ4v) is 3.17. The molecule has 1 aromatic heterocycles. The third-order valence-electron chi connectivity index (χ3n) is 4.32. The van der Waals surface area contributed by atoms with Crippen molar-refractivity contribution in [1.82, 2.24) is 10.3 Å². The van der Waals surface area contributed by atoms with Crippen molar-refractivity contribution in [3.05, 3.63) is 30.1 Å². The summed E-state index contributed by atoms with van der Waals surface area (Å²) in [6.45, 7) is 0.982. The van der Waals surface area contributed by atoms with Gasteiger partial charge in [0.1, 0.15) is 0 Å². The number of hydrogen-bond acceptors (Lipinski definition) is 2. The van der Waals surface area contributed by atoms with Crippen LogP contribution in [-0.4, -0.2) is 11.0 Å². The molecule has 92 valence electrons. The summed E-state index contributed by atoms with van der Waals surface area (Å²) in [5.41, 5.74) is 1.31. The summed E-state index contributed by atoms with van der Waals surface area (Å²) >= 11 is 0. The molecule has 3 rings (SSSR count). The van der Waals surface area contributed by atoms with Crippen LogP contribution in [0.15, 0.2) is 24.5 Å². The van der Waals surface area contributed by atoms with E-state index in [4.69, 9.17) is 0 Å². The van der Waals surface area contributed by atoms with Crippen molar-refractivity contribution in [3.63, 3.8) is 0 Å². The summed E-state index contributed by atoms with van der Waals surface area (Å²) < 4.78 is 0. The van der Waals surface area contributed by atoms with Gasteiger partial charge in [-0.2, -0.15) is 0 Å². The third kappa shape index (κ3) is 3.06. The number of rotatable bonds is 4. The van der Waals surface area contributed by atoms with E-state index in [2.05, 4.69) is 16.4 Å². The highest BCUT2D eigenvalue weighted by atomic mass is 14.9. The second kappa shape index (κ2) is 5.18. The second-order valence-electron chi connectivity index (χ2n) is 5.70. The summed E-state index contributed by atoms with van der Waals surface area (Å²) in [6, 6.07) is 4.92. The predicted molar refractivity (Wildman–Crippen MR) is 69.5 cm³/mol. The van der Waals surface area contributed by atoms with E-state index in [1.807, 2.05) is 18.5 Å². The smallest absolute Gasteiger partial charge is 0.0312 e. The first kappa shape index (κ1) is 11.2. The fourth-order valence-electron chi connectivity index (χ4n) is 3.17. The molecule has 0 saturated heterocycles. The Morgan fingerprint density at radius 2 is 2.12 bits per heavy atom. The molecule has 2 nitrogen and oxygen atoms in total. The summed E-state index contributed by atoms with van der Waals surface area (Å²) in [4.78, 5) is 4.16. The van der Waals surface area contributed by atoms with Crippen LogP contribution in [0.2, 0.25) is 0 Å². The zero-order valence-corrected chi connectivity index (χ0v) is 10.4. The van der Waals surface area contributed by atoms with Crippen molar-refractivity contribution in [2.24, 2.45) is 11.8 Å². The minimum Gasteiger partial charge on any atom is -0.310 e. The van der Waals surface area contributed by atoms with Crippen molar-refractivity contribution >= 4 is 0 Å². The molecule has 1 aromatic rings. The van der Waals surface area contributed by atoms with Crippen molar-refractivity contribution in [1.29, 1.82) is 0 Å². The van der Waals surface area contributed by atoms with E-state index >= 15 is 0 Å². The first-order chi connectivity index (χ1) is 8.42. The van der Waals surface area contributed by atoms with Crippen LogP contribution in [-0.2, 0) is 6.54 Å². The molecule has 0 aromatic carbocycles. The Morgan fingerprint density at radius 1 is 1.18 bits per heavy atom. The molecule has 17 heavy (non-hydrogen) atoms. The highest BCUT2D eigenvalue weighted by Gasteiger charge is 2.34. The summed E-state index contributed by atoms with van der Waals surface area (Å²) in [5.74, 6) is 2.10. The van der Waals surface area contributed by atoms with Gasteiger partial charge >= 0.3 is 0 Å². The zero-order chi connectivity index (χ0) is 11.5. The molecule has 0 spiro atoms. The van der Waals surface area contributed by atoms with Gasteiger partial charge < -0.3 is 5.32 Å². The van der Waals surface area contributed by atoms with E-state index in [1.165, 1.54) is 44.1 Å². The molecule has 0 aliphatic heterocycles. The Balaban J connectivity index is 1.48. The van der Waals surface area contributed by atoms with E-state index in [1.54, 1.807) is 0 Å². The fraction of sp³-hybridized carbons (Fsp3) is 0.667.